The predicted molar refractivity (Wildman–Crippen MR) is 96.6 cm³/mol. The molecule has 1 aliphatic carbocycles. The van der Waals surface area contributed by atoms with Crippen LogP contribution >= 0.6 is 0 Å². The molecule has 1 aliphatic heterocycles. The van der Waals surface area contributed by atoms with Crippen molar-refractivity contribution < 1.29 is 22.7 Å². The molecule has 2 fully saturated rings. The Balaban J connectivity index is 1.54. The summed E-state index contributed by atoms with van der Waals surface area (Å²) in [6, 6.07) is 6.67. The molecule has 0 aromatic heterocycles. The number of alkyl halides is 3. The van der Waals surface area contributed by atoms with Gasteiger partial charge in [0.25, 0.3) is 0 Å². The van der Waals surface area contributed by atoms with Crippen LogP contribution in [0.1, 0.15) is 32.1 Å². The fourth-order valence-corrected chi connectivity index (χ4v) is 3.90. The highest BCUT2D eigenvalue weighted by Crippen LogP contribution is 2.37. The molecule has 2 unspecified atom stereocenters. The van der Waals surface area contributed by atoms with Crippen LogP contribution in [-0.4, -0.2) is 42.8 Å². The van der Waals surface area contributed by atoms with E-state index in [1.165, 1.54) is 17.7 Å². The molecule has 0 spiro atoms. The van der Waals surface area contributed by atoms with Gasteiger partial charge in [-0.1, -0.05) is 0 Å². The van der Waals surface area contributed by atoms with E-state index >= 15 is 0 Å². The molecule has 8 heteroatoms. The first-order chi connectivity index (χ1) is 12.9. The van der Waals surface area contributed by atoms with Crippen molar-refractivity contribution in [3.05, 3.63) is 24.3 Å². The summed E-state index contributed by atoms with van der Waals surface area (Å²) in [5, 5.41) is 2.74. The number of hydrogen-bond donors (Lipinski definition) is 2. The van der Waals surface area contributed by atoms with Crippen molar-refractivity contribution in [2.75, 3.05) is 25.0 Å². The van der Waals surface area contributed by atoms with Crippen molar-refractivity contribution in [1.82, 2.24) is 4.90 Å². The number of likely N-dealkylation sites (tertiary alicyclic amines) is 1. The Labute approximate surface area is 157 Å². The van der Waals surface area contributed by atoms with E-state index < -0.39 is 24.0 Å². The molecule has 2 amide bonds. The van der Waals surface area contributed by atoms with Crippen molar-refractivity contribution >= 4 is 11.7 Å². The number of hydrogen-bond acceptors (Lipinski definition) is 3. The molecule has 0 bridgehead atoms. The van der Waals surface area contributed by atoms with Gasteiger partial charge in [0.05, 0.1) is 12.0 Å². The van der Waals surface area contributed by atoms with Gasteiger partial charge in [-0.3, -0.25) is 0 Å². The second-order valence-corrected chi connectivity index (χ2v) is 7.36. The minimum absolute atomic E-state index is 0.00931. The lowest BCUT2D eigenvalue weighted by molar-refractivity contribution is -0.197. The molecular weight excluding hydrogens is 359 g/mol. The van der Waals surface area contributed by atoms with Gasteiger partial charge in [0.15, 0.2) is 0 Å². The summed E-state index contributed by atoms with van der Waals surface area (Å²) in [6.07, 6.45) is 0.368. The maximum atomic E-state index is 13.1. The van der Waals surface area contributed by atoms with Gasteiger partial charge >= 0.3 is 12.2 Å². The molecule has 27 heavy (non-hydrogen) atoms. The van der Waals surface area contributed by atoms with Crippen molar-refractivity contribution in [2.24, 2.45) is 17.6 Å². The summed E-state index contributed by atoms with van der Waals surface area (Å²) in [5.41, 5.74) is 6.10. The first kappa shape index (κ1) is 19.8. The Morgan fingerprint density at radius 1 is 1.19 bits per heavy atom. The average molecular weight is 385 g/mol. The highest BCUT2D eigenvalue weighted by atomic mass is 19.4. The van der Waals surface area contributed by atoms with Crippen LogP contribution < -0.4 is 15.8 Å². The zero-order valence-electron chi connectivity index (χ0n) is 15.2. The maximum Gasteiger partial charge on any atom is 0.392 e. The fraction of sp³-hybridized carbons (Fsp3) is 0.632. The molecule has 0 radical (unpaired) electrons. The quantitative estimate of drug-likeness (QED) is 0.823. The molecule has 3 rings (SSSR count). The lowest BCUT2D eigenvalue weighted by Crippen LogP contribution is -2.51. The van der Waals surface area contributed by atoms with Gasteiger partial charge in [0, 0.05) is 24.7 Å². The molecular formula is C19H26F3N3O2. The summed E-state index contributed by atoms with van der Waals surface area (Å²) in [7, 11) is 0. The fourth-order valence-electron chi connectivity index (χ4n) is 3.90. The van der Waals surface area contributed by atoms with Crippen LogP contribution in [0.2, 0.25) is 0 Å². The zero-order chi connectivity index (χ0) is 19.4. The summed E-state index contributed by atoms with van der Waals surface area (Å²) < 4.78 is 45.0. The third-order valence-corrected chi connectivity index (χ3v) is 5.45. The second-order valence-electron chi connectivity index (χ2n) is 7.36. The van der Waals surface area contributed by atoms with Crippen LogP contribution in [0.3, 0.4) is 0 Å². The molecule has 5 nitrogen and oxygen atoms in total. The van der Waals surface area contributed by atoms with Crippen LogP contribution in [0, 0.1) is 11.8 Å². The van der Waals surface area contributed by atoms with E-state index in [2.05, 4.69) is 5.32 Å². The highest BCUT2D eigenvalue weighted by molar-refractivity contribution is 5.89. The molecule has 2 atom stereocenters. The van der Waals surface area contributed by atoms with Gasteiger partial charge in [-0.25, -0.2) is 4.79 Å². The molecule has 1 aromatic rings. The summed E-state index contributed by atoms with van der Waals surface area (Å²) in [4.78, 5) is 13.8. The van der Waals surface area contributed by atoms with Crippen LogP contribution in [0.25, 0.3) is 0 Å². The summed E-state index contributed by atoms with van der Waals surface area (Å²) in [5.74, 6) is -1.46. The first-order valence-electron chi connectivity index (χ1n) is 9.46. The van der Waals surface area contributed by atoms with Crippen LogP contribution in [0.4, 0.5) is 23.7 Å². The number of amides is 2. The predicted octanol–water partition coefficient (Wildman–Crippen LogP) is 4.00. The maximum absolute atomic E-state index is 13.1. The standard InChI is InChI=1S/C19H26F3N3O2/c20-19(21,22)17-9-10-25(12-13(17)11-23)18(26)24-14-5-7-16(8-6-14)27-15-3-1-2-4-15/h5-8,13,15,17H,1-4,9-12,23H2,(H,24,26). The number of anilines is 1. The van der Waals surface area contributed by atoms with Crippen molar-refractivity contribution in [2.45, 2.75) is 44.4 Å². The SMILES string of the molecule is NCC1CN(C(=O)Nc2ccc(OC3CCCC3)cc2)CCC1C(F)(F)F. The molecule has 3 N–H and O–H groups in total. The number of ether oxygens (including phenoxy) is 1. The third kappa shape index (κ3) is 5.06. The smallest absolute Gasteiger partial charge is 0.392 e. The van der Waals surface area contributed by atoms with Gasteiger partial charge in [-0.05, 0) is 62.9 Å². The molecule has 1 heterocycles. The van der Waals surface area contributed by atoms with Crippen molar-refractivity contribution in [3.8, 4) is 5.75 Å². The number of nitrogens with one attached hydrogen (secondary N) is 1. The van der Waals surface area contributed by atoms with E-state index in [0.29, 0.717) is 5.69 Å². The van der Waals surface area contributed by atoms with Crippen LogP contribution in [-0.2, 0) is 0 Å². The van der Waals surface area contributed by atoms with Gasteiger partial charge in [0.2, 0.25) is 0 Å². The lowest BCUT2D eigenvalue weighted by atomic mass is 9.85. The number of carbonyl (C=O) groups excluding carboxylic acids is 1. The number of benzene rings is 1. The molecule has 1 saturated carbocycles. The first-order valence-corrected chi connectivity index (χ1v) is 9.46. The molecule has 150 valence electrons. The molecule has 2 aliphatic rings. The van der Waals surface area contributed by atoms with Crippen molar-refractivity contribution in [1.29, 1.82) is 0 Å². The highest BCUT2D eigenvalue weighted by Gasteiger charge is 2.47. The van der Waals surface area contributed by atoms with Crippen molar-refractivity contribution in [3.63, 3.8) is 0 Å². The normalized spacial score (nSPS) is 24.1. The van der Waals surface area contributed by atoms with Crippen LogP contribution in [0.5, 0.6) is 5.75 Å². The summed E-state index contributed by atoms with van der Waals surface area (Å²) in [6.45, 7) is -0.0219. The van der Waals surface area contributed by atoms with Gasteiger partial charge in [0.1, 0.15) is 5.75 Å². The number of rotatable bonds is 4. The Morgan fingerprint density at radius 3 is 2.44 bits per heavy atom. The minimum atomic E-state index is -4.28. The largest absolute Gasteiger partial charge is 0.490 e. The number of halogens is 3. The second kappa shape index (κ2) is 8.37. The summed E-state index contributed by atoms with van der Waals surface area (Å²) >= 11 is 0. The Bertz CT molecular complexity index is 630. The van der Waals surface area contributed by atoms with E-state index in [4.69, 9.17) is 10.5 Å². The number of piperidine rings is 1. The Hall–Kier alpha value is -1.96. The van der Waals surface area contributed by atoms with E-state index in [-0.39, 0.29) is 32.2 Å². The zero-order valence-corrected chi connectivity index (χ0v) is 15.2. The number of carbonyl (C=O) groups is 1. The van der Waals surface area contributed by atoms with E-state index in [1.54, 1.807) is 24.3 Å². The number of nitrogens with two attached hydrogens (primary N) is 1. The minimum Gasteiger partial charge on any atom is -0.490 e. The molecule has 1 saturated heterocycles. The van der Waals surface area contributed by atoms with E-state index in [1.807, 2.05) is 0 Å². The molecule has 1 aromatic carbocycles. The van der Waals surface area contributed by atoms with Crippen LogP contribution in [0.15, 0.2) is 24.3 Å². The van der Waals surface area contributed by atoms with E-state index in [0.717, 1.165) is 18.6 Å². The number of urea groups is 1. The Kier molecular flexibility index (Phi) is 6.14. The lowest BCUT2D eigenvalue weighted by Gasteiger charge is -2.38. The Morgan fingerprint density at radius 2 is 1.85 bits per heavy atom. The van der Waals surface area contributed by atoms with Gasteiger partial charge < -0.3 is 20.7 Å². The monoisotopic (exact) mass is 385 g/mol. The van der Waals surface area contributed by atoms with E-state index in [9.17, 15) is 18.0 Å². The van der Waals surface area contributed by atoms with Gasteiger partial charge in [-0.15, -0.1) is 0 Å². The third-order valence-electron chi connectivity index (χ3n) is 5.45. The average Bonchev–Trinajstić information content (AvgIpc) is 3.15. The topological polar surface area (TPSA) is 67.6 Å². The van der Waals surface area contributed by atoms with Gasteiger partial charge in [-0.2, -0.15) is 13.2 Å². The number of nitrogens with zero attached hydrogens (tertiary/aromatic N) is 1.